The fourth-order valence-electron chi connectivity index (χ4n) is 2.40. The molecule has 3 heteroatoms. The van der Waals surface area contributed by atoms with Gasteiger partial charge in [0, 0.05) is 18.1 Å². The van der Waals surface area contributed by atoms with Crippen LogP contribution in [0.4, 0.5) is 4.39 Å². The van der Waals surface area contributed by atoms with Crippen LogP contribution in [0.5, 0.6) is 0 Å². The van der Waals surface area contributed by atoms with Gasteiger partial charge in [-0.3, -0.25) is 4.98 Å². The van der Waals surface area contributed by atoms with Gasteiger partial charge in [-0.15, -0.1) is 0 Å². The SMILES string of the molecule is NCC(F)(c1ccc2ncccc2c1)C1CC1. The number of nitrogens with two attached hydrogens (primary N) is 1. The molecule has 1 aromatic carbocycles. The van der Waals surface area contributed by atoms with Crippen molar-refractivity contribution >= 4 is 10.9 Å². The van der Waals surface area contributed by atoms with Crippen LogP contribution in [0.1, 0.15) is 18.4 Å². The molecule has 1 aromatic heterocycles. The van der Waals surface area contributed by atoms with Crippen molar-refractivity contribution in [3.05, 3.63) is 42.1 Å². The molecule has 1 aliphatic rings. The minimum absolute atomic E-state index is 0.0590. The maximum atomic E-state index is 14.8. The molecule has 0 radical (unpaired) electrons. The van der Waals surface area contributed by atoms with Gasteiger partial charge in [0.05, 0.1) is 5.52 Å². The first-order valence-electron chi connectivity index (χ1n) is 5.98. The Hall–Kier alpha value is -1.48. The third-order valence-electron chi connectivity index (χ3n) is 3.60. The summed E-state index contributed by atoms with van der Waals surface area (Å²) >= 11 is 0. The van der Waals surface area contributed by atoms with E-state index in [1.165, 1.54) is 0 Å². The molecular formula is C14H15FN2. The van der Waals surface area contributed by atoms with Gasteiger partial charge < -0.3 is 5.73 Å². The molecule has 3 rings (SSSR count). The van der Waals surface area contributed by atoms with E-state index < -0.39 is 5.67 Å². The van der Waals surface area contributed by atoms with Crippen LogP contribution in [0.15, 0.2) is 36.5 Å². The highest BCUT2D eigenvalue weighted by atomic mass is 19.1. The monoisotopic (exact) mass is 230 g/mol. The molecule has 1 heterocycles. The Bertz CT molecular complexity index is 551. The van der Waals surface area contributed by atoms with Crippen LogP contribution in [-0.2, 0) is 5.67 Å². The number of benzene rings is 1. The molecule has 0 saturated heterocycles. The molecule has 2 nitrogen and oxygen atoms in total. The van der Waals surface area contributed by atoms with E-state index in [2.05, 4.69) is 4.98 Å². The maximum absolute atomic E-state index is 14.8. The van der Waals surface area contributed by atoms with Crippen LogP contribution < -0.4 is 5.73 Å². The van der Waals surface area contributed by atoms with Crippen molar-refractivity contribution in [1.29, 1.82) is 0 Å². The highest BCUT2D eigenvalue weighted by molar-refractivity contribution is 5.79. The van der Waals surface area contributed by atoms with Crippen molar-refractivity contribution in [2.45, 2.75) is 18.5 Å². The van der Waals surface area contributed by atoms with Gasteiger partial charge in [0.1, 0.15) is 0 Å². The number of aromatic nitrogens is 1. The molecule has 0 spiro atoms. The number of rotatable bonds is 3. The van der Waals surface area contributed by atoms with Crippen molar-refractivity contribution in [2.75, 3.05) is 6.54 Å². The molecule has 0 bridgehead atoms. The molecular weight excluding hydrogens is 215 g/mol. The second-order valence-electron chi connectivity index (χ2n) is 4.75. The van der Waals surface area contributed by atoms with Gasteiger partial charge in [-0.1, -0.05) is 12.1 Å². The van der Waals surface area contributed by atoms with Gasteiger partial charge >= 0.3 is 0 Å². The first-order chi connectivity index (χ1) is 8.24. The second kappa shape index (κ2) is 3.77. The van der Waals surface area contributed by atoms with Crippen LogP contribution >= 0.6 is 0 Å². The van der Waals surface area contributed by atoms with Gasteiger partial charge in [-0.05, 0) is 42.5 Å². The highest BCUT2D eigenvalue weighted by Gasteiger charge is 2.46. The standard InChI is InChI=1S/C14H15FN2/c15-14(9-16,11-3-4-11)12-5-6-13-10(8-12)2-1-7-17-13/h1-2,5-8,11H,3-4,9,16H2. The summed E-state index contributed by atoms with van der Waals surface area (Å²) in [5.74, 6) is 0.0987. The minimum atomic E-state index is -1.36. The third kappa shape index (κ3) is 1.71. The van der Waals surface area contributed by atoms with Gasteiger partial charge in [0.2, 0.25) is 0 Å². The van der Waals surface area contributed by atoms with Gasteiger partial charge in [0.25, 0.3) is 0 Å². The fraction of sp³-hybridized carbons (Fsp3) is 0.357. The third-order valence-corrected chi connectivity index (χ3v) is 3.60. The normalized spacial score (nSPS) is 19.2. The lowest BCUT2D eigenvalue weighted by atomic mass is 9.90. The summed E-state index contributed by atoms with van der Waals surface area (Å²) in [5.41, 5.74) is 5.87. The second-order valence-corrected chi connectivity index (χ2v) is 4.75. The van der Waals surface area contributed by atoms with Crippen molar-refractivity contribution in [3.8, 4) is 0 Å². The predicted molar refractivity (Wildman–Crippen MR) is 66.3 cm³/mol. The largest absolute Gasteiger partial charge is 0.327 e. The number of nitrogens with zero attached hydrogens (tertiary/aromatic N) is 1. The Balaban J connectivity index is 2.10. The Kier molecular flexibility index (Phi) is 2.37. The summed E-state index contributed by atoms with van der Waals surface area (Å²) in [4.78, 5) is 4.24. The van der Waals surface area contributed by atoms with E-state index in [1.807, 2.05) is 30.3 Å². The van der Waals surface area contributed by atoms with Crippen molar-refractivity contribution in [2.24, 2.45) is 11.7 Å². The number of pyridine rings is 1. The number of halogens is 1. The molecule has 17 heavy (non-hydrogen) atoms. The van der Waals surface area contributed by atoms with Crippen molar-refractivity contribution in [1.82, 2.24) is 4.98 Å². The first-order valence-corrected chi connectivity index (χ1v) is 5.98. The Morgan fingerprint density at radius 2 is 2.18 bits per heavy atom. The van der Waals surface area contributed by atoms with Crippen molar-refractivity contribution < 1.29 is 4.39 Å². The average Bonchev–Trinajstić information content (AvgIpc) is 3.22. The topological polar surface area (TPSA) is 38.9 Å². The van der Waals surface area contributed by atoms with E-state index in [0.717, 1.165) is 23.7 Å². The Labute approximate surface area is 99.7 Å². The summed E-state index contributed by atoms with van der Waals surface area (Å²) in [6.07, 6.45) is 3.63. The molecule has 1 saturated carbocycles. The quantitative estimate of drug-likeness (QED) is 0.880. The first kappa shape index (κ1) is 10.7. The zero-order valence-electron chi connectivity index (χ0n) is 9.57. The highest BCUT2D eigenvalue weighted by Crippen LogP contribution is 2.48. The molecule has 1 unspecified atom stereocenters. The van der Waals surface area contributed by atoms with Crippen LogP contribution in [0.3, 0.4) is 0 Å². The zero-order valence-corrected chi connectivity index (χ0v) is 9.57. The summed E-state index contributed by atoms with van der Waals surface area (Å²) in [6.45, 7) is 0.0590. The minimum Gasteiger partial charge on any atom is -0.327 e. The lowest BCUT2D eigenvalue weighted by molar-refractivity contribution is 0.143. The Morgan fingerprint density at radius 1 is 1.35 bits per heavy atom. The molecule has 0 aliphatic heterocycles. The van der Waals surface area contributed by atoms with E-state index >= 15 is 0 Å². The summed E-state index contributed by atoms with van der Waals surface area (Å²) in [6, 6.07) is 9.40. The Morgan fingerprint density at radius 3 is 2.88 bits per heavy atom. The molecule has 2 aromatic rings. The van der Waals surface area contributed by atoms with Gasteiger partial charge in [-0.2, -0.15) is 0 Å². The van der Waals surface area contributed by atoms with E-state index in [4.69, 9.17) is 5.73 Å². The van der Waals surface area contributed by atoms with Crippen LogP contribution in [-0.4, -0.2) is 11.5 Å². The molecule has 0 amide bonds. The van der Waals surface area contributed by atoms with E-state index in [0.29, 0.717) is 5.56 Å². The van der Waals surface area contributed by atoms with E-state index in [-0.39, 0.29) is 12.5 Å². The summed E-state index contributed by atoms with van der Waals surface area (Å²) in [5, 5.41) is 0.973. The van der Waals surface area contributed by atoms with Gasteiger partial charge in [0.15, 0.2) is 5.67 Å². The van der Waals surface area contributed by atoms with Crippen LogP contribution in [0, 0.1) is 5.92 Å². The number of hydrogen-bond donors (Lipinski definition) is 1. The fourth-order valence-corrected chi connectivity index (χ4v) is 2.40. The molecule has 1 fully saturated rings. The number of fused-ring (bicyclic) bond motifs is 1. The summed E-state index contributed by atoms with van der Waals surface area (Å²) in [7, 11) is 0. The van der Waals surface area contributed by atoms with Crippen LogP contribution in [0.25, 0.3) is 10.9 Å². The molecule has 88 valence electrons. The maximum Gasteiger partial charge on any atom is 0.150 e. The van der Waals surface area contributed by atoms with E-state index in [9.17, 15) is 4.39 Å². The lowest BCUT2D eigenvalue weighted by Gasteiger charge is -2.24. The number of alkyl halides is 1. The molecule has 1 aliphatic carbocycles. The smallest absolute Gasteiger partial charge is 0.150 e. The van der Waals surface area contributed by atoms with E-state index in [1.54, 1.807) is 6.20 Å². The average molecular weight is 230 g/mol. The van der Waals surface area contributed by atoms with Gasteiger partial charge in [-0.25, -0.2) is 4.39 Å². The molecule has 2 N–H and O–H groups in total. The predicted octanol–water partition coefficient (Wildman–Crippen LogP) is 2.77. The molecule has 1 atom stereocenters. The summed E-state index contributed by atoms with van der Waals surface area (Å²) < 4.78 is 14.8. The van der Waals surface area contributed by atoms with Crippen molar-refractivity contribution in [3.63, 3.8) is 0 Å². The van der Waals surface area contributed by atoms with Crippen LogP contribution in [0.2, 0.25) is 0 Å². The lowest BCUT2D eigenvalue weighted by Crippen LogP contribution is -2.32. The number of hydrogen-bond acceptors (Lipinski definition) is 2. The zero-order chi connectivity index (χ0) is 11.9.